The Morgan fingerprint density at radius 3 is 2.47 bits per heavy atom. The van der Waals surface area contributed by atoms with Crippen molar-refractivity contribution < 1.29 is 4.39 Å². The molecule has 1 nitrogen and oxygen atoms in total. The number of piperidine rings is 1. The molecule has 17 heavy (non-hydrogen) atoms. The Labute approximate surface area is 102 Å². The second-order valence-electron chi connectivity index (χ2n) is 5.43. The zero-order valence-corrected chi connectivity index (χ0v) is 10.2. The van der Waals surface area contributed by atoms with Crippen LogP contribution in [0.2, 0.25) is 0 Å². The van der Waals surface area contributed by atoms with Crippen LogP contribution >= 0.6 is 0 Å². The van der Waals surface area contributed by atoms with Gasteiger partial charge in [0, 0.05) is 0 Å². The second kappa shape index (κ2) is 4.41. The van der Waals surface area contributed by atoms with Gasteiger partial charge in [-0.25, -0.2) is 4.39 Å². The molecule has 0 radical (unpaired) electrons. The maximum absolute atomic E-state index is 15.0. The van der Waals surface area contributed by atoms with Gasteiger partial charge in [-0.05, 0) is 55.8 Å². The Morgan fingerprint density at radius 1 is 1.12 bits per heavy atom. The Morgan fingerprint density at radius 2 is 1.82 bits per heavy atom. The number of hydrogen-bond donors (Lipinski definition) is 1. The van der Waals surface area contributed by atoms with Gasteiger partial charge < -0.3 is 5.32 Å². The summed E-state index contributed by atoms with van der Waals surface area (Å²) in [5.74, 6) is 0.619. The molecule has 0 unspecified atom stereocenters. The van der Waals surface area contributed by atoms with Crippen LogP contribution in [0.15, 0.2) is 24.3 Å². The highest BCUT2D eigenvalue weighted by molar-refractivity contribution is 5.36. The lowest BCUT2D eigenvalue weighted by molar-refractivity contribution is 0.113. The van der Waals surface area contributed by atoms with Gasteiger partial charge in [0.2, 0.25) is 0 Å². The van der Waals surface area contributed by atoms with Crippen LogP contribution in [-0.4, -0.2) is 13.1 Å². The zero-order valence-electron chi connectivity index (χ0n) is 10.2. The molecule has 1 aromatic carbocycles. The topological polar surface area (TPSA) is 12.0 Å². The van der Waals surface area contributed by atoms with Crippen LogP contribution in [0.1, 0.15) is 49.1 Å². The van der Waals surface area contributed by atoms with Crippen LogP contribution in [0.3, 0.4) is 0 Å². The molecular weight excluding hydrogens is 213 g/mol. The van der Waals surface area contributed by atoms with Gasteiger partial charge in [-0.15, -0.1) is 0 Å². The third kappa shape index (κ3) is 1.99. The van der Waals surface area contributed by atoms with E-state index in [1.165, 1.54) is 24.8 Å². The van der Waals surface area contributed by atoms with Crippen LogP contribution in [0.4, 0.5) is 4.39 Å². The van der Waals surface area contributed by atoms with Gasteiger partial charge in [0.25, 0.3) is 0 Å². The summed E-state index contributed by atoms with van der Waals surface area (Å²) >= 11 is 0. The Bertz CT molecular complexity index is 392. The highest BCUT2D eigenvalue weighted by atomic mass is 19.1. The van der Waals surface area contributed by atoms with Crippen LogP contribution in [0, 0.1) is 0 Å². The Balaban J connectivity index is 1.95. The molecule has 0 atom stereocenters. The molecule has 1 saturated heterocycles. The molecule has 1 aliphatic heterocycles. The van der Waals surface area contributed by atoms with E-state index >= 15 is 4.39 Å². The molecule has 1 aliphatic carbocycles. The molecule has 2 fully saturated rings. The summed E-state index contributed by atoms with van der Waals surface area (Å²) in [6.45, 7) is 1.60. The lowest BCUT2D eigenvalue weighted by atomic mass is 9.74. The summed E-state index contributed by atoms with van der Waals surface area (Å²) in [5, 5.41) is 3.25. The smallest absolute Gasteiger partial charge is 0.138 e. The van der Waals surface area contributed by atoms with Crippen LogP contribution in [0.5, 0.6) is 0 Å². The van der Waals surface area contributed by atoms with Crippen molar-refractivity contribution >= 4 is 0 Å². The van der Waals surface area contributed by atoms with Gasteiger partial charge in [-0.3, -0.25) is 0 Å². The van der Waals surface area contributed by atoms with Crippen LogP contribution < -0.4 is 5.32 Å². The van der Waals surface area contributed by atoms with Gasteiger partial charge in [0.15, 0.2) is 0 Å². The standard InChI is InChI=1S/C15H20FN/c16-15(8-10-17-11-9-15)14-7-2-1-6-13(14)12-4-3-5-12/h1-2,6-7,12,17H,3-5,8-11H2. The SMILES string of the molecule is FC1(c2ccccc2C2CCC2)CCNCC1. The number of benzene rings is 1. The van der Waals surface area contributed by atoms with Crippen LogP contribution in [-0.2, 0) is 5.67 Å². The first-order valence-electron chi connectivity index (χ1n) is 6.79. The molecule has 1 N–H and O–H groups in total. The molecule has 0 bridgehead atoms. The van der Waals surface area contributed by atoms with Crippen molar-refractivity contribution in [1.82, 2.24) is 5.32 Å². The molecule has 2 heteroatoms. The van der Waals surface area contributed by atoms with Crippen molar-refractivity contribution in [2.45, 2.75) is 43.7 Å². The van der Waals surface area contributed by atoms with Gasteiger partial charge in [0.05, 0.1) is 0 Å². The molecule has 1 heterocycles. The molecular formula is C15H20FN. The van der Waals surface area contributed by atoms with E-state index in [2.05, 4.69) is 17.4 Å². The van der Waals surface area contributed by atoms with Crippen molar-refractivity contribution in [3.63, 3.8) is 0 Å². The number of nitrogens with one attached hydrogen (secondary N) is 1. The third-order valence-corrected chi connectivity index (χ3v) is 4.38. The minimum absolute atomic E-state index is 0.619. The average molecular weight is 233 g/mol. The van der Waals surface area contributed by atoms with E-state index in [-0.39, 0.29) is 0 Å². The first-order valence-corrected chi connectivity index (χ1v) is 6.79. The van der Waals surface area contributed by atoms with E-state index in [1.807, 2.05) is 12.1 Å². The fraction of sp³-hybridized carbons (Fsp3) is 0.600. The minimum atomic E-state index is -1.09. The lowest BCUT2D eigenvalue weighted by Crippen LogP contribution is -2.37. The van der Waals surface area contributed by atoms with Crippen molar-refractivity contribution in [2.24, 2.45) is 0 Å². The summed E-state index contributed by atoms with van der Waals surface area (Å²) in [6.07, 6.45) is 5.03. The van der Waals surface area contributed by atoms with Gasteiger partial charge in [-0.2, -0.15) is 0 Å². The predicted molar refractivity (Wildman–Crippen MR) is 67.9 cm³/mol. The van der Waals surface area contributed by atoms with E-state index in [0.29, 0.717) is 18.8 Å². The van der Waals surface area contributed by atoms with Crippen molar-refractivity contribution in [3.05, 3.63) is 35.4 Å². The van der Waals surface area contributed by atoms with E-state index in [1.54, 1.807) is 0 Å². The highest BCUT2D eigenvalue weighted by Crippen LogP contribution is 2.44. The summed E-state index contributed by atoms with van der Waals surface area (Å²) < 4.78 is 15.0. The first kappa shape index (κ1) is 11.2. The number of alkyl halides is 1. The number of hydrogen-bond acceptors (Lipinski definition) is 1. The largest absolute Gasteiger partial charge is 0.316 e. The first-order chi connectivity index (χ1) is 8.30. The molecule has 0 amide bonds. The molecule has 0 spiro atoms. The van der Waals surface area contributed by atoms with Gasteiger partial charge >= 0.3 is 0 Å². The lowest BCUT2D eigenvalue weighted by Gasteiger charge is -2.36. The molecule has 2 aliphatic rings. The van der Waals surface area contributed by atoms with Gasteiger partial charge in [0.1, 0.15) is 5.67 Å². The molecule has 1 aromatic rings. The predicted octanol–water partition coefficient (Wildman–Crippen LogP) is 3.50. The maximum Gasteiger partial charge on any atom is 0.138 e. The number of rotatable bonds is 2. The van der Waals surface area contributed by atoms with Crippen molar-refractivity contribution in [1.29, 1.82) is 0 Å². The average Bonchev–Trinajstić information content (AvgIpc) is 2.28. The van der Waals surface area contributed by atoms with E-state index < -0.39 is 5.67 Å². The molecule has 92 valence electrons. The minimum Gasteiger partial charge on any atom is -0.316 e. The van der Waals surface area contributed by atoms with E-state index in [0.717, 1.165) is 18.7 Å². The van der Waals surface area contributed by atoms with Crippen molar-refractivity contribution in [2.75, 3.05) is 13.1 Å². The second-order valence-corrected chi connectivity index (χ2v) is 5.43. The Hall–Kier alpha value is -0.890. The summed E-state index contributed by atoms with van der Waals surface area (Å²) in [7, 11) is 0. The number of halogens is 1. The Kier molecular flexibility index (Phi) is 2.91. The molecule has 1 saturated carbocycles. The summed E-state index contributed by atoms with van der Waals surface area (Å²) in [4.78, 5) is 0. The third-order valence-electron chi connectivity index (χ3n) is 4.38. The molecule has 0 aromatic heterocycles. The highest BCUT2D eigenvalue weighted by Gasteiger charge is 2.37. The maximum atomic E-state index is 15.0. The normalized spacial score (nSPS) is 24.3. The van der Waals surface area contributed by atoms with Crippen LogP contribution in [0.25, 0.3) is 0 Å². The zero-order chi connectivity index (χ0) is 11.7. The van der Waals surface area contributed by atoms with Crippen molar-refractivity contribution in [3.8, 4) is 0 Å². The fourth-order valence-corrected chi connectivity index (χ4v) is 3.07. The van der Waals surface area contributed by atoms with Gasteiger partial charge in [-0.1, -0.05) is 30.7 Å². The summed E-state index contributed by atoms with van der Waals surface area (Å²) in [5.41, 5.74) is 1.17. The summed E-state index contributed by atoms with van der Waals surface area (Å²) in [6, 6.07) is 8.20. The molecule has 3 rings (SSSR count). The quantitative estimate of drug-likeness (QED) is 0.824. The van der Waals surface area contributed by atoms with E-state index in [9.17, 15) is 0 Å². The van der Waals surface area contributed by atoms with E-state index in [4.69, 9.17) is 0 Å². The monoisotopic (exact) mass is 233 g/mol. The fourth-order valence-electron chi connectivity index (χ4n) is 3.07.